The first-order chi connectivity index (χ1) is 33.1. The fraction of sp³-hybridized carbons (Fsp3) is 0.0820. The lowest BCUT2D eigenvalue weighted by Gasteiger charge is -2.24. The second-order valence-corrected chi connectivity index (χ2v) is 18.7. The molecule has 5 nitrogen and oxygen atoms in total. The maximum atomic E-state index is 6.68. The highest BCUT2D eigenvalue weighted by molar-refractivity contribution is 7.25. The number of furan rings is 1. The summed E-state index contributed by atoms with van der Waals surface area (Å²) in [4.78, 5) is 10.9. The Hall–Kier alpha value is -8.06. The molecule has 2 atom stereocenters. The summed E-state index contributed by atoms with van der Waals surface area (Å²) in [6.07, 6.45) is 0.541. The third-order valence-electron chi connectivity index (χ3n) is 13.8. The molecule has 0 saturated heterocycles. The van der Waals surface area contributed by atoms with E-state index in [1.54, 1.807) is 0 Å². The van der Waals surface area contributed by atoms with Crippen LogP contribution in [-0.4, -0.2) is 16.4 Å². The van der Waals surface area contributed by atoms with Gasteiger partial charge in [0.15, 0.2) is 0 Å². The van der Waals surface area contributed by atoms with Crippen molar-refractivity contribution in [2.75, 3.05) is 0 Å². The van der Waals surface area contributed by atoms with Crippen LogP contribution >= 0.6 is 11.3 Å². The van der Waals surface area contributed by atoms with Gasteiger partial charge in [0.05, 0.1) is 11.0 Å². The molecule has 0 spiro atoms. The summed E-state index contributed by atoms with van der Waals surface area (Å²) in [6, 6.07) is 72.1. The predicted octanol–water partition coefficient (Wildman–Crippen LogP) is 16.1. The van der Waals surface area contributed by atoms with Crippen molar-refractivity contribution in [3.63, 3.8) is 0 Å². The molecule has 0 saturated carbocycles. The first-order valence-corrected chi connectivity index (χ1v) is 24.0. The van der Waals surface area contributed by atoms with Gasteiger partial charge in [-0.05, 0) is 99.5 Å². The van der Waals surface area contributed by atoms with Gasteiger partial charge in [0.1, 0.15) is 23.2 Å². The lowest BCUT2D eigenvalue weighted by atomic mass is 9.84. The van der Waals surface area contributed by atoms with Crippen molar-refractivity contribution in [2.24, 2.45) is 9.98 Å². The number of nitrogens with zero attached hydrogens (tertiary/aromatic N) is 3. The Kier molecular flexibility index (Phi) is 9.29. The number of para-hydroxylation sites is 2. The fourth-order valence-corrected chi connectivity index (χ4v) is 11.6. The van der Waals surface area contributed by atoms with Crippen LogP contribution in [0.2, 0.25) is 0 Å². The standard InChI is InChI=1S/C61H44N4OS/c1-3-38-16-7-8-19-44(38)50-34-40(28-31-43(50)37(2)39-17-5-4-6-18-39)41-30-33-54-51(35-41)58-49(23-15-26-55(58)66-54)60-62-59(42-29-32-48-47-22-11-14-27-56(47)67-57(48)36-42)63-61(64-60)65-52-24-12-9-20-45(52)46-21-10-13-25-53(46)65/h4-37,59H,3H2,1-2H3,(H,62,63,64). The number of aryl methyl sites for hydroxylation is 1. The summed E-state index contributed by atoms with van der Waals surface area (Å²) < 4.78 is 11.4. The topological polar surface area (TPSA) is 54.8 Å². The highest BCUT2D eigenvalue weighted by Crippen LogP contribution is 2.41. The van der Waals surface area contributed by atoms with E-state index in [0.717, 1.165) is 67.5 Å². The van der Waals surface area contributed by atoms with Gasteiger partial charge in [0.25, 0.3) is 0 Å². The van der Waals surface area contributed by atoms with Crippen LogP contribution in [0.3, 0.4) is 0 Å². The lowest BCUT2D eigenvalue weighted by Crippen LogP contribution is -2.35. The van der Waals surface area contributed by atoms with E-state index in [4.69, 9.17) is 14.4 Å². The van der Waals surface area contributed by atoms with Gasteiger partial charge in [-0.15, -0.1) is 11.3 Å². The summed E-state index contributed by atoms with van der Waals surface area (Å²) in [5.74, 6) is 1.58. The Bertz CT molecular complexity index is 3930. The van der Waals surface area contributed by atoms with Gasteiger partial charge in [-0.3, -0.25) is 4.57 Å². The minimum absolute atomic E-state index is 0.216. The van der Waals surface area contributed by atoms with Crippen molar-refractivity contribution in [2.45, 2.75) is 32.4 Å². The van der Waals surface area contributed by atoms with Crippen molar-refractivity contribution < 1.29 is 4.42 Å². The van der Waals surface area contributed by atoms with Crippen LogP contribution in [0.4, 0.5) is 0 Å². The van der Waals surface area contributed by atoms with Crippen LogP contribution in [0.25, 0.3) is 86.2 Å². The Morgan fingerprint density at radius 3 is 2.07 bits per heavy atom. The number of aromatic nitrogens is 1. The van der Waals surface area contributed by atoms with Gasteiger partial charge in [0, 0.05) is 53.2 Å². The number of thiophene rings is 1. The van der Waals surface area contributed by atoms with E-state index >= 15 is 0 Å². The molecule has 3 aromatic heterocycles. The summed E-state index contributed by atoms with van der Waals surface area (Å²) in [6.45, 7) is 4.56. The molecule has 4 heterocycles. The molecule has 0 radical (unpaired) electrons. The molecule has 1 aliphatic heterocycles. The van der Waals surface area contributed by atoms with Gasteiger partial charge in [-0.1, -0.05) is 166 Å². The van der Waals surface area contributed by atoms with E-state index in [1.807, 2.05) is 11.3 Å². The Morgan fingerprint density at radius 2 is 1.25 bits per heavy atom. The molecule has 320 valence electrons. The number of rotatable bonds is 7. The fourth-order valence-electron chi connectivity index (χ4n) is 10.5. The minimum Gasteiger partial charge on any atom is -0.456 e. The largest absolute Gasteiger partial charge is 0.456 e. The van der Waals surface area contributed by atoms with Gasteiger partial charge in [-0.25, -0.2) is 4.99 Å². The highest BCUT2D eigenvalue weighted by atomic mass is 32.1. The zero-order valence-electron chi connectivity index (χ0n) is 37.1. The van der Waals surface area contributed by atoms with Gasteiger partial charge in [0.2, 0.25) is 5.96 Å². The van der Waals surface area contributed by atoms with Crippen molar-refractivity contribution in [3.8, 4) is 22.3 Å². The van der Waals surface area contributed by atoms with Crippen LogP contribution in [0.15, 0.2) is 215 Å². The Morgan fingerprint density at radius 1 is 0.567 bits per heavy atom. The summed E-state index contributed by atoms with van der Waals surface area (Å²) >= 11 is 1.82. The molecular weight excluding hydrogens is 837 g/mol. The average molecular weight is 881 g/mol. The van der Waals surface area contributed by atoms with Crippen molar-refractivity contribution in [1.82, 2.24) is 9.88 Å². The second kappa shape index (κ2) is 15.8. The normalized spacial score (nSPS) is 14.6. The second-order valence-electron chi connectivity index (χ2n) is 17.6. The first kappa shape index (κ1) is 39.3. The number of amidine groups is 1. The average Bonchev–Trinajstić information content (AvgIpc) is 4.07. The molecule has 2 unspecified atom stereocenters. The molecule has 1 N–H and O–H groups in total. The molecule has 0 fully saturated rings. The van der Waals surface area contributed by atoms with Gasteiger partial charge >= 0.3 is 0 Å². The Balaban J connectivity index is 0.983. The molecule has 1 aliphatic rings. The molecule has 0 bridgehead atoms. The number of hydrogen-bond donors (Lipinski definition) is 1. The van der Waals surface area contributed by atoms with Crippen LogP contribution in [0.1, 0.15) is 53.7 Å². The maximum Gasteiger partial charge on any atom is 0.234 e. The number of benzene rings is 9. The van der Waals surface area contributed by atoms with Gasteiger partial charge in [-0.2, -0.15) is 4.99 Å². The van der Waals surface area contributed by atoms with E-state index in [2.05, 4.69) is 224 Å². The molecule has 12 aromatic rings. The molecule has 0 amide bonds. The molecule has 0 aliphatic carbocycles. The van der Waals surface area contributed by atoms with E-state index in [1.165, 1.54) is 58.8 Å². The number of hydrogen-bond acceptors (Lipinski definition) is 5. The quantitative estimate of drug-likeness (QED) is 0.173. The molecule has 13 rings (SSSR count). The minimum atomic E-state index is -0.415. The van der Waals surface area contributed by atoms with Crippen molar-refractivity contribution in [3.05, 3.63) is 228 Å². The molecule has 9 aromatic carbocycles. The van der Waals surface area contributed by atoms with Crippen LogP contribution in [0, 0.1) is 0 Å². The molecule has 6 heteroatoms. The first-order valence-electron chi connectivity index (χ1n) is 23.1. The maximum absolute atomic E-state index is 6.68. The van der Waals surface area contributed by atoms with Crippen molar-refractivity contribution >= 4 is 87.0 Å². The number of aliphatic imine (C=N–C) groups is 2. The molecular formula is C61H44N4OS. The number of nitrogens with one attached hydrogen (secondary N) is 1. The van der Waals surface area contributed by atoms with Gasteiger partial charge < -0.3 is 9.73 Å². The van der Waals surface area contributed by atoms with Crippen LogP contribution in [0.5, 0.6) is 0 Å². The third kappa shape index (κ3) is 6.51. The monoisotopic (exact) mass is 880 g/mol. The van der Waals surface area contributed by atoms with E-state index in [9.17, 15) is 0 Å². The Labute approximate surface area is 392 Å². The van der Waals surface area contributed by atoms with Crippen LogP contribution < -0.4 is 5.32 Å². The summed E-state index contributed by atoms with van der Waals surface area (Å²) in [5.41, 5.74) is 14.6. The third-order valence-corrected chi connectivity index (χ3v) is 15.0. The molecule has 67 heavy (non-hydrogen) atoms. The van der Waals surface area contributed by atoms with E-state index in [-0.39, 0.29) is 5.92 Å². The lowest BCUT2D eigenvalue weighted by molar-refractivity contribution is 0.666. The van der Waals surface area contributed by atoms with E-state index < -0.39 is 6.17 Å². The van der Waals surface area contributed by atoms with Crippen LogP contribution in [-0.2, 0) is 6.42 Å². The summed E-state index contributed by atoms with van der Waals surface area (Å²) in [7, 11) is 0. The SMILES string of the molecule is CCc1ccccc1-c1cc(-c2ccc3oc4cccc(C5=NC(n6c7ccccc7c7ccccc76)=NC(c6ccc7c(c6)sc6ccccc67)N5)c4c3c2)ccc1C(C)c1ccccc1. The predicted molar refractivity (Wildman–Crippen MR) is 282 cm³/mol. The smallest absolute Gasteiger partial charge is 0.234 e. The zero-order chi connectivity index (χ0) is 44.6. The highest BCUT2D eigenvalue weighted by Gasteiger charge is 2.27. The summed E-state index contributed by atoms with van der Waals surface area (Å²) in [5, 5.41) is 10.8. The van der Waals surface area contributed by atoms with E-state index in [0.29, 0.717) is 5.96 Å². The van der Waals surface area contributed by atoms with Crippen molar-refractivity contribution in [1.29, 1.82) is 0 Å². The zero-order valence-corrected chi connectivity index (χ0v) is 37.9. The number of fused-ring (bicyclic) bond motifs is 9.